The number of likely N-dealkylation sites (tertiary alicyclic amines) is 1. The molecule has 0 radical (unpaired) electrons. The van der Waals surface area contributed by atoms with Crippen molar-refractivity contribution in [2.45, 2.75) is 25.7 Å². The Morgan fingerprint density at radius 3 is 2.35 bits per heavy atom. The highest BCUT2D eigenvalue weighted by molar-refractivity contribution is 5.93. The number of pyridine rings is 1. The summed E-state index contributed by atoms with van der Waals surface area (Å²) in [6.45, 7) is 3.19. The molecule has 5 heteroatoms. The van der Waals surface area contributed by atoms with Crippen molar-refractivity contribution in [2.75, 3.05) is 27.2 Å². The molecule has 0 bridgehead atoms. The summed E-state index contributed by atoms with van der Waals surface area (Å²) in [7, 11) is 3.46. The highest BCUT2D eigenvalue weighted by atomic mass is 16.2. The topological polar surface area (TPSA) is 53.5 Å². The van der Waals surface area contributed by atoms with Gasteiger partial charge in [-0.1, -0.05) is 0 Å². The molecular formula is C15H21N3O2. The van der Waals surface area contributed by atoms with Crippen LogP contribution in [0.2, 0.25) is 0 Å². The van der Waals surface area contributed by atoms with Crippen LogP contribution in [0.5, 0.6) is 0 Å². The molecule has 0 atom stereocenters. The minimum atomic E-state index is -0.0320. The molecule has 2 amide bonds. The van der Waals surface area contributed by atoms with E-state index in [1.807, 2.05) is 17.0 Å². The molecule has 1 aromatic rings. The summed E-state index contributed by atoms with van der Waals surface area (Å²) in [5.74, 6) is 0.493. The SMILES string of the molecule is CC(=O)N1CCC(c2ccc(C(=O)N(C)C)cn2)CC1. The van der Waals surface area contributed by atoms with Gasteiger partial charge in [-0.2, -0.15) is 0 Å². The van der Waals surface area contributed by atoms with Gasteiger partial charge in [0, 0.05) is 51.9 Å². The standard InChI is InChI=1S/C15H21N3O2/c1-11(19)18-8-6-12(7-9-18)14-5-4-13(10-16-14)15(20)17(2)3/h4-5,10,12H,6-9H2,1-3H3. The van der Waals surface area contributed by atoms with Gasteiger partial charge in [0.25, 0.3) is 5.91 Å². The summed E-state index contributed by atoms with van der Waals surface area (Å²) in [6.07, 6.45) is 3.52. The van der Waals surface area contributed by atoms with E-state index in [0.717, 1.165) is 31.6 Å². The van der Waals surface area contributed by atoms with Crippen LogP contribution in [-0.4, -0.2) is 53.8 Å². The van der Waals surface area contributed by atoms with Crippen molar-refractivity contribution in [2.24, 2.45) is 0 Å². The number of piperidine rings is 1. The normalized spacial score (nSPS) is 16.1. The maximum atomic E-state index is 11.8. The first-order valence-corrected chi connectivity index (χ1v) is 6.92. The van der Waals surface area contributed by atoms with Crippen LogP contribution in [0.1, 0.15) is 41.7 Å². The van der Waals surface area contributed by atoms with Crippen LogP contribution in [0.4, 0.5) is 0 Å². The van der Waals surface area contributed by atoms with E-state index in [-0.39, 0.29) is 11.8 Å². The molecule has 0 saturated carbocycles. The average Bonchev–Trinajstić information content (AvgIpc) is 2.46. The fraction of sp³-hybridized carbons (Fsp3) is 0.533. The summed E-state index contributed by atoms with van der Waals surface area (Å²) in [5, 5.41) is 0. The number of nitrogens with zero attached hydrogens (tertiary/aromatic N) is 3. The maximum Gasteiger partial charge on any atom is 0.254 e. The van der Waals surface area contributed by atoms with Gasteiger partial charge in [-0.15, -0.1) is 0 Å². The number of hydrogen-bond acceptors (Lipinski definition) is 3. The third-order valence-electron chi connectivity index (χ3n) is 3.80. The number of hydrogen-bond donors (Lipinski definition) is 0. The monoisotopic (exact) mass is 275 g/mol. The van der Waals surface area contributed by atoms with E-state index < -0.39 is 0 Å². The average molecular weight is 275 g/mol. The molecule has 1 aliphatic heterocycles. The van der Waals surface area contributed by atoms with Crippen LogP contribution in [-0.2, 0) is 4.79 Å². The first-order chi connectivity index (χ1) is 9.49. The van der Waals surface area contributed by atoms with Crippen LogP contribution in [0.25, 0.3) is 0 Å². The number of carbonyl (C=O) groups is 2. The second-order valence-corrected chi connectivity index (χ2v) is 5.45. The Kier molecular flexibility index (Phi) is 4.37. The molecule has 0 spiro atoms. The molecule has 1 saturated heterocycles. The Morgan fingerprint density at radius 2 is 1.90 bits per heavy atom. The lowest BCUT2D eigenvalue weighted by molar-refractivity contribution is -0.129. The molecule has 0 unspecified atom stereocenters. The minimum absolute atomic E-state index is 0.0320. The van der Waals surface area contributed by atoms with Gasteiger partial charge in [0.05, 0.1) is 5.56 Å². The van der Waals surface area contributed by atoms with Crippen LogP contribution >= 0.6 is 0 Å². The number of rotatable bonds is 2. The zero-order valence-corrected chi connectivity index (χ0v) is 12.3. The van der Waals surface area contributed by atoms with E-state index in [2.05, 4.69) is 4.98 Å². The predicted molar refractivity (Wildman–Crippen MR) is 76.5 cm³/mol. The number of aromatic nitrogens is 1. The Labute approximate surface area is 119 Å². The number of amides is 2. The van der Waals surface area contributed by atoms with Gasteiger partial charge in [-0.05, 0) is 25.0 Å². The van der Waals surface area contributed by atoms with Crippen molar-refractivity contribution >= 4 is 11.8 Å². The molecule has 0 N–H and O–H groups in total. The Morgan fingerprint density at radius 1 is 1.25 bits per heavy atom. The third-order valence-corrected chi connectivity index (χ3v) is 3.80. The molecule has 5 nitrogen and oxygen atoms in total. The van der Waals surface area contributed by atoms with Crippen molar-refractivity contribution < 1.29 is 9.59 Å². The second kappa shape index (κ2) is 6.03. The molecule has 0 aromatic carbocycles. The van der Waals surface area contributed by atoms with Crippen LogP contribution in [0.3, 0.4) is 0 Å². The molecule has 2 rings (SSSR count). The zero-order chi connectivity index (χ0) is 14.7. The van der Waals surface area contributed by atoms with E-state index in [1.165, 1.54) is 0 Å². The number of carbonyl (C=O) groups excluding carboxylic acids is 2. The van der Waals surface area contributed by atoms with Gasteiger partial charge >= 0.3 is 0 Å². The largest absolute Gasteiger partial charge is 0.345 e. The van der Waals surface area contributed by atoms with Gasteiger partial charge in [0.2, 0.25) is 5.91 Å². The Hall–Kier alpha value is -1.91. The predicted octanol–water partition coefficient (Wildman–Crippen LogP) is 1.51. The van der Waals surface area contributed by atoms with E-state index in [4.69, 9.17) is 0 Å². The summed E-state index contributed by atoms with van der Waals surface area (Å²) in [6, 6.07) is 3.77. The first kappa shape index (κ1) is 14.5. The van der Waals surface area contributed by atoms with Gasteiger partial charge in [0.15, 0.2) is 0 Å². The van der Waals surface area contributed by atoms with Crippen LogP contribution < -0.4 is 0 Å². The molecule has 0 aliphatic carbocycles. The highest BCUT2D eigenvalue weighted by Crippen LogP contribution is 2.26. The third kappa shape index (κ3) is 3.15. The maximum absolute atomic E-state index is 11.8. The minimum Gasteiger partial charge on any atom is -0.345 e. The molecule has 1 aromatic heterocycles. The molecule has 1 aliphatic rings. The molecule has 2 heterocycles. The molecule has 108 valence electrons. The van der Waals surface area contributed by atoms with E-state index in [0.29, 0.717) is 11.5 Å². The Balaban J connectivity index is 2.01. The summed E-state index contributed by atoms with van der Waals surface area (Å²) in [4.78, 5) is 30.9. The van der Waals surface area contributed by atoms with Crippen LogP contribution in [0.15, 0.2) is 18.3 Å². The Bertz CT molecular complexity index is 488. The first-order valence-electron chi connectivity index (χ1n) is 6.92. The molecular weight excluding hydrogens is 254 g/mol. The fourth-order valence-corrected chi connectivity index (χ4v) is 2.52. The van der Waals surface area contributed by atoms with Gasteiger partial charge < -0.3 is 9.80 Å². The summed E-state index contributed by atoms with van der Waals surface area (Å²) in [5.41, 5.74) is 1.63. The van der Waals surface area contributed by atoms with Gasteiger partial charge in [-0.25, -0.2) is 0 Å². The van der Waals surface area contributed by atoms with Crippen molar-refractivity contribution in [3.05, 3.63) is 29.6 Å². The van der Waals surface area contributed by atoms with E-state index in [1.54, 1.807) is 32.1 Å². The highest BCUT2D eigenvalue weighted by Gasteiger charge is 2.23. The summed E-state index contributed by atoms with van der Waals surface area (Å²) >= 11 is 0. The quantitative estimate of drug-likeness (QED) is 0.822. The van der Waals surface area contributed by atoms with Crippen molar-refractivity contribution in [1.29, 1.82) is 0 Å². The van der Waals surface area contributed by atoms with Gasteiger partial charge in [0.1, 0.15) is 0 Å². The van der Waals surface area contributed by atoms with Gasteiger partial charge in [-0.3, -0.25) is 14.6 Å². The van der Waals surface area contributed by atoms with Crippen molar-refractivity contribution in [3.8, 4) is 0 Å². The van der Waals surface area contributed by atoms with Crippen molar-refractivity contribution in [1.82, 2.24) is 14.8 Å². The molecule has 1 fully saturated rings. The lowest BCUT2D eigenvalue weighted by atomic mass is 9.93. The lowest BCUT2D eigenvalue weighted by Gasteiger charge is -2.31. The van der Waals surface area contributed by atoms with E-state index >= 15 is 0 Å². The lowest BCUT2D eigenvalue weighted by Crippen LogP contribution is -2.36. The zero-order valence-electron chi connectivity index (χ0n) is 12.3. The van der Waals surface area contributed by atoms with E-state index in [9.17, 15) is 9.59 Å². The summed E-state index contributed by atoms with van der Waals surface area (Å²) < 4.78 is 0. The van der Waals surface area contributed by atoms with Crippen LogP contribution in [0, 0.1) is 0 Å². The fourth-order valence-electron chi connectivity index (χ4n) is 2.52. The van der Waals surface area contributed by atoms with Crippen molar-refractivity contribution in [3.63, 3.8) is 0 Å². The second-order valence-electron chi connectivity index (χ2n) is 5.45. The molecule has 20 heavy (non-hydrogen) atoms. The smallest absolute Gasteiger partial charge is 0.254 e.